The fraction of sp³-hybridized carbons (Fsp3) is 0.571. The number of likely N-dealkylation sites (N-methyl/N-ethyl adjacent to an activating group) is 1. The molecule has 2 aliphatic heterocycles. The molecule has 106 valence electrons. The zero-order valence-electron chi connectivity index (χ0n) is 11.1. The summed E-state index contributed by atoms with van der Waals surface area (Å²) in [5.74, 6) is 1.42. The van der Waals surface area contributed by atoms with Crippen molar-refractivity contribution in [2.45, 2.75) is 24.5 Å². The van der Waals surface area contributed by atoms with Crippen molar-refractivity contribution in [3.8, 4) is 5.75 Å². The molecule has 3 rings (SSSR count). The van der Waals surface area contributed by atoms with Crippen LogP contribution in [0.1, 0.15) is 17.9 Å². The zero-order chi connectivity index (χ0) is 12.7. The highest BCUT2D eigenvalue weighted by molar-refractivity contribution is 9.10. The first-order valence-electron chi connectivity index (χ1n) is 6.36. The molecule has 0 aromatic heterocycles. The van der Waals surface area contributed by atoms with E-state index in [-0.39, 0.29) is 12.4 Å². The molecule has 5 heteroatoms. The number of hydrogen-bond donors (Lipinski definition) is 0. The van der Waals surface area contributed by atoms with Crippen molar-refractivity contribution in [2.75, 3.05) is 27.3 Å². The van der Waals surface area contributed by atoms with E-state index in [1.807, 2.05) is 7.11 Å². The minimum Gasteiger partial charge on any atom is -0.492 e. The van der Waals surface area contributed by atoms with E-state index in [1.165, 1.54) is 5.56 Å². The molecule has 2 aliphatic rings. The lowest BCUT2D eigenvalue weighted by molar-refractivity contribution is -0.0230. The van der Waals surface area contributed by atoms with Crippen LogP contribution >= 0.6 is 28.3 Å². The Kier molecular flexibility index (Phi) is 4.77. The molecule has 0 N–H and O–H groups in total. The van der Waals surface area contributed by atoms with Crippen LogP contribution in [0.3, 0.4) is 0 Å². The third kappa shape index (κ3) is 2.64. The van der Waals surface area contributed by atoms with Crippen LogP contribution < -0.4 is 4.74 Å². The molecule has 1 unspecified atom stereocenters. The van der Waals surface area contributed by atoms with Gasteiger partial charge in [0.15, 0.2) is 0 Å². The van der Waals surface area contributed by atoms with Crippen LogP contribution in [0, 0.1) is 0 Å². The number of ether oxygens (including phenoxy) is 2. The molecule has 1 aromatic rings. The molecular weight excluding hydrogens is 330 g/mol. The Morgan fingerprint density at radius 2 is 2.21 bits per heavy atom. The highest BCUT2D eigenvalue weighted by Crippen LogP contribution is 2.42. The number of benzene rings is 1. The Bertz CT molecular complexity index is 457. The molecule has 1 saturated heterocycles. The monoisotopic (exact) mass is 347 g/mol. The molecule has 2 heterocycles. The van der Waals surface area contributed by atoms with Crippen LogP contribution in [0.15, 0.2) is 22.7 Å². The maximum Gasteiger partial charge on any atom is 0.124 e. The van der Waals surface area contributed by atoms with E-state index in [4.69, 9.17) is 9.47 Å². The lowest BCUT2D eigenvalue weighted by Gasteiger charge is -2.46. The van der Waals surface area contributed by atoms with Crippen LogP contribution in [0.2, 0.25) is 0 Å². The molecule has 0 amide bonds. The van der Waals surface area contributed by atoms with Crippen molar-refractivity contribution in [2.24, 2.45) is 0 Å². The van der Waals surface area contributed by atoms with Gasteiger partial charge >= 0.3 is 0 Å². The van der Waals surface area contributed by atoms with Gasteiger partial charge in [-0.25, -0.2) is 0 Å². The number of methoxy groups -OCH3 is 1. The van der Waals surface area contributed by atoms with Crippen molar-refractivity contribution < 1.29 is 9.47 Å². The zero-order valence-corrected chi connectivity index (χ0v) is 13.5. The Balaban J connectivity index is 0.00000133. The maximum absolute atomic E-state index is 5.91. The standard InChI is InChI=1S/C14H18BrNO2.ClH/c1-16-6-5-12(17-2)14-10-4-3-9(15)7-13(10)18-8-11(14)16;/h3-4,7,11-12,14H,5-6,8H2,1-2H3;1H/t11-,12?,14-;/m0./s1. The first-order valence-corrected chi connectivity index (χ1v) is 7.15. The quantitative estimate of drug-likeness (QED) is 0.778. The molecule has 0 saturated carbocycles. The second-order valence-corrected chi connectivity index (χ2v) is 6.05. The topological polar surface area (TPSA) is 21.7 Å². The van der Waals surface area contributed by atoms with Gasteiger partial charge in [0.05, 0.1) is 12.1 Å². The second kappa shape index (κ2) is 6.00. The Labute approximate surface area is 128 Å². The Hall–Kier alpha value is -0.290. The van der Waals surface area contributed by atoms with Crippen molar-refractivity contribution in [1.29, 1.82) is 0 Å². The molecule has 0 spiro atoms. The third-order valence-electron chi connectivity index (χ3n) is 4.19. The summed E-state index contributed by atoms with van der Waals surface area (Å²) in [6.45, 7) is 1.83. The van der Waals surface area contributed by atoms with E-state index in [0.717, 1.165) is 29.8 Å². The molecule has 0 radical (unpaired) electrons. The minimum atomic E-state index is 0. The van der Waals surface area contributed by atoms with Crippen molar-refractivity contribution in [1.82, 2.24) is 4.90 Å². The van der Waals surface area contributed by atoms with E-state index in [1.54, 1.807) is 0 Å². The van der Waals surface area contributed by atoms with Gasteiger partial charge in [0.2, 0.25) is 0 Å². The highest BCUT2D eigenvalue weighted by atomic mass is 79.9. The minimum absolute atomic E-state index is 0. The molecule has 1 fully saturated rings. The first-order chi connectivity index (χ1) is 8.70. The number of piperidine rings is 1. The van der Waals surface area contributed by atoms with Gasteiger partial charge in [-0.1, -0.05) is 22.0 Å². The number of rotatable bonds is 1. The first kappa shape index (κ1) is 15.1. The average molecular weight is 349 g/mol. The van der Waals surface area contributed by atoms with Crippen LogP contribution in [-0.4, -0.2) is 44.4 Å². The molecule has 3 nitrogen and oxygen atoms in total. The molecular formula is C14H19BrClNO2. The SMILES string of the molecule is COC1CCN(C)[C@H]2COc3cc(Br)ccc3[C@H]12.Cl. The van der Waals surface area contributed by atoms with Gasteiger partial charge in [-0.05, 0) is 25.6 Å². The lowest BCUT2D eigenvalue weighted by Crippen LogP contribution is -2.53. The number of nitrogens with zero attached hydrogens (tertiary/aromatic N) is 1. The summed E-state index contributed by atoms with van der Waals surface area (Å²) in [4.78, 5) is 2.39. The maximum atomic E-state index is 5.91. The molecule has 0 aliphatic carbocycles. The predicted molar refractivity (Wildman–Crippen MR) is 81.5 cm³/mol. The molecule has 3 atom stereocenters. The fourth-order valence-corrected chi connectivity index (χ4v) is 3.52. The Morgan fingerprint density at radius 1 is 1.42 bits per heavy atom. The van der Waals surface area contributed by atoms with Gasteiger partial charge in [-0.2, -0.15) is 0 Å². The summed E-state index contributed by atoms with van der Waals surface area (Å²) in [7, 11) is 4.00. The fourth-order valence-electron chi connectivity index (χ4n) is 3.18. The van der Waals surface area contributed by atoms with Crippen LogP contribution in [0.4, 0.5) is 0 Å². The number of fused-ring (bicyclic) bond motifs is 3. The van der Waals surface area contributed by atoms with Gasteiger partial charge < -0.3 is 9.47 Å². The van der Waals surface area contributed by atoms with E-state index in [9.17, 15) is 0 Å². The van der Waals surface area contributed by atoms with Gasteiger partial charge in [0, 0.05) is 29.6 Å². The largest absolute Gasteiger partial charge is 0.492 e. The van der Waals surface area contributed by atoms with Gasteiger partial charge in [0.1, 0.15) is 12.4 Å². The van der Waals surface area contributed by atoms with Gasteiger partial charge in [-0.15, -0.1) is 12.4 Å². The van der Waals surface area contributed by atoms with Crippen LogP contribution in [0.25, 0.3) is 0 Å². The summed E-state index contributed by atoms with van der Waals surface area (Å²) in [5.41, 5.74) is 1.29. The van der Waals surface area contributed by atoms with Crippen molar-refractivity contribution in [3.05, 3.63) is 28.2 Å². The van der Waals surface area contributed by atoms with Gasteiger partial charge in [-0.3, -0.25) is 4.90 Å². The summed E-state index contributed by atoms with van der Waals surface area (Å²) in [6, 6.07) is 6.75. The van der Waals surface area contributed by atoms with Crippen molar-refractivity contribution >= 4 is 28.3 Å². The number of hydrogen-bond acceptors (Lipinski definition) is 3. The van der Waals surface area contributed by atoms with E-state index < -0.39 is 0 Å². The Morgan fingerprint density at radius 3 is 2.95 bits per heavy atom. The normalized spacial score (nSPS) is 29.7. The number of likely N-dealkylation sites (tertiary alicyclic amines) is 1. The summed E-state index contributed by atoms with van der Waals surface area (Å²) in [6.07, 6.45) is 1.39. The van der Waals surface area contributed by atoms with Crippen LogP contribution in [0.5, 0.6) is 5.75 Å². The predicted octanol–water partition coefficient (Wildman–Crippen LogP) is 3.07. The smallest absolute Gasteiger partial charge is 0.124 e. The average Bonchev–Trinajstić information content (AvgIpc) is 2.38. The molecule has 19 heavy (non-hydrogen) atoms. The number of halogens is 2. The van der Waals surface area contributed by atoms with E-state index >= 15 is 0 Å². The summed E-state index contributed by atoms with van der Waals surface area (Å²) >= 11 is 3.50. The molecule has 0 bridgehead atoms. The second-order valence-electron chi connectivity index (χ2n) is 5.13. The van der Waals surface area contributed by atoms with Gasteiger partial charge in [0.25, 0.3) is 0 Å². The summed E-state index contributed by atoms with van der Waals surface area (Å²) < 4.78 is 12.7. The van der Waals surface area contributed by atoms with Crippen molar-refractivity contribution in [3.63, 3.8) is 0 Å². The highest BCUT2D eigenvalue weighted by Gasteiger charge is 2.42. The summed E-state index contributed by atoms with van der Waals surface area (Å²) in [5, 5.41) is 0. The lowest BCUT2D eigenvalue weighted by atomic mass is 9.80. The molecule has 1 aromatic carbocycles. The van der Waals surface area contributed by atoms with E-state index in [2.05, 4.69) is 46.1 Å². The van der Waals surface area contributed by atoms with E-state index in [0.29, 0.717) is 18.1 Å². The third-order valence-corrected chi connectivity index (χ3v) is 4.69. The van der Waals surface area contributed by atoms with Crippen LogP contribution in [-0.2, 0) is 4.74 Å².